The highest BCUT2D eigenvalue weighted by Crippen LogP contribution is 2.38. The van der Waals surface area contributed by atoms with Crippen molar-refractivity contribution in [2.75, 3.05) is 18.0 Å². The standard InChI is InChI=1S/C32H29F2N5O/c1-4-16-37-31(40)28-30(39-19-27(20(2)3)35-32(37)39)38(18-21-10-15-25(33)26(34)17-21)29(36-28)24-13-11-23(12-14-24)22-8-6-5-7-9-22/h4-15,17,20,27H,1,16,18-19H2,2-3H3/t27-/m0/s1. The molecule has 40 heavy (non-hydrogen) atoms. The molecule has 4 aromatic rings. The summed E-state index contributed by atoms with van der Waals surface area (Å²) in [4.78, 5) is 27.2. The lowest BCUT2D eigenvalue weighted by Gasteiger charge is -2.34. The van der Waals surface area contributed by atoms with Gasteiger partial charge in [0, 0.05) is 12.1 Å². The molecule has 202 valence electrons. The number of benzene rings is 3. The summed E-state index contributed by atoms with van der Waals surface area (Å²) >= 11 is 0. The number of carbonyl (C=O) groups excluding carboxylic acids is 1. The molecule has 0 unspecified atom stereocenters. The molecule has 0 fully saturated rings. The maximum Gasteiger partial charge on any atom is 0.283 e. The van der Waals surface area contributed by atoms with Gasteiger partial charge in [-0.25, -0.2) is 18.8 Å². The summed E-state index contributed by atoms with van der Waals surface area (Å²) in [5, 5.41) is 0. The van der Waals surface area contributed by atoms with E-state index in [9.17, 15) is 13.6 Å². The SMILES string of the molecule is C=CCN1C(=O)c2nc(-c3ccc(-c4ccccc4)cc3)n(Cc3ccc(F)c(F)c3)c2N2C[C@@H](C(C)C)N=C12. The molecule has 0 bridgehead atoms. The van der Waals surface area contributed by atoms with Gasteiger partial charge < -0.3 is 4.57 Å². The van der Waals surface area contributed by atoms with Crippen LogP contribution in [0.2, 0.25) is 0 Å². The number of hydrogen-bond acceptors (Lipinski definition) is 4. The molecule has 0 aliphatic carbocycles. The highest BCUT2D eigenvalue weighted by atomic mass is 19.2. The largest absolute Gasteiger partial charge is 0.305 e. The molecular formula is C32H29F2N5O. The van der Waals surface area contributed by atoms with Crippen molar-refractivity contribution in [2.24, 2.45) is 10.9 Å². The number of rotatable bonds is 7. The third-order valence-electron chi connectivity index (χ3n) is 7.43. The molecule has 1 amide bonds. The molecule has 8 heteroatoms. The number of fused-ring (bicyclic) bond motifs is 3. The van der Waals surface area contributed by atoms with E-state index < -0.39 is 11.6 Å². The zero-order valence-electron chi connectivity index (χ0n) is 22.4. The molecule has 3 aromatic carbocycles. The molecule has 1 aromatic heterocycles. The van der Waals surface area contributed by atoms with E-state index in [1.54, 1.807) is 17.0 Å². The number of aliphatic imine (C=N–C) groups is 1. The van der Waals surface area contributed by atoms with Crippen LogP contribution in [0.5, 0.6) is 0 Å². The number of imidazole rings is 1. The highest BCUT2D eigenvalue weighted by molar-refractivity contribution is 6.18. The molecule has 2 aliphatic rings. The van der Waals surface area contributed by atoms with Gasteiger partial charge in [-0.2, -0.15) is 0 Å². The minimum absolute atomic E-state index is 0.0127. The second-order valence-corrected chi connectivity index (χ2v) is 10.4. The summed E-state index contributed by atoms with van der Waals surface area (Å²) in [6.07, 6.45) is 1.67. The molecule has 3 heterocycles. The first-order chi connectivity index (χ1) is 19.4. The second kappa shape index (κ2) is 10.2. The van der Waals surface area contributed by atoms with Gasteiger partial charge in [0.1, 0.15) is 11.6 Å². The number of halogens is 2. The lowest BCUT2D eigenvalue weighted by Crippen LogP contribution is -2.51. The molecule has 0 spiro atoms. The summed E-state index contributed by atoms with van der Waals surface area (Å²) < 4.78 is 29.9. The summed E-state index contributed by atoms with van der Waals surface area (Å²) in [5.41, 5.74) is 3.80. The second-order valence-electron chi connectivity index (χ2n) is 10.4. The van der Waals surface area contributed by atoms with Gasteiger partial charge in [-0.05, 0) is 34.7 Å². The number of carbonyl (C=O) groups is 1. The lowest BCUT2D eigenvalue weighted by atomic mass is 10.0. The monoisotopic (exact) mass is 537 g/mol. The smallest absolute Gasteiger partial charge is 0.283 e. The fourth-order valence-electron chi connectivity index (χ4n) is 5.29. The Morgan fingerprint density at radius 3 is 2.35 bits per heavy atom. The molecule has 6 nitrogen and oxygen atoms in total. The molecule has 6 rings (SSSR count). The van der Waals surface area contributed by atoms with Crippen LogP contribution in [0.15, 0.2) is 90.4 Å². The molecule has 1 atom stereocenters. The van der Waals surface area contributed by atoms with Crippen molar-refractivity contribution in [1.29, 1.82) is 0 Å². The Labute approximate surface area is 231 Å². The maximum absolute atomic E-state index is 14.2. The van der Waals surface area contributed by atoms with Gasteiger partial charge >= 0.3 is 0 Å². The van der Waals surface area contributed by atoms with Crippen molar-refractivity contribution in [3.63, 3.8) is 0 Å². The van der Waals surface area contributed by atoms with Crippen LogP contribution in [0.4, 0.5) is 14.6 Å². The van der Waals surface area contributed by atoms with Gasteiger partial charge in [-0.3, -0.25) is 14.6 Å². The van der Waals surface area contributed by atoms with Crippen molar-refractivity contribution in [1.82, 2.24) is 14.5 Å². The number of anilines is 1. The third kappa shape index (κ3) is 4.39. The van der Waals surface area contributed by atoms with Crippen LogP contribution in [-0.2, 0) is 6.54 Å². The van der Waals surface area contributed by atoms with Crippen LogP contribution in [0.25, 0.3) is 22.5 Å². The molecule has 0 saturated carbocycles. The first kappa shape index (κ1) is 25.7. The zero-order chi connectivity index (χ0) is 28.0. The first-order valence-corrected chi connectivity index (χ1v) is 13.3. The number of aromatic nitrogens is 2. The Morgan fingerprint density at radius 2 is 1.68 bits per heavy atom. The van der Waals surface area contributed by atoms with Crippen LogP contribution in [0.1, 0.15) is 29.9 Å². The third-order valence-corrected chi connectivity index (χ3v) is 7.43. The number of hydrogen-bond donors (Lipinski definition) is 0. The van der Waals surface area contributed by atoms with Crippen LogP contribution in [0.3, 0.4) is 0 Å². The molecular weight excluding hydrogens is 508 g/mol. The van der Waals surface area contributed by atoms with E-state index in [2.05, 4.69) is 20.4 Å². The Hall–Kier alpha value is -4.59. The normalized spacial score (nSPS) is 16.3. The van der Waals surface area contributed by atoms with Crippen molar-refractivity contribution in [2.45, 2.75) is 26.4 Å². The van der Waals surface area contributed by atoms with E-state index in [0.717, 1.165) is 22.8 Å². The van der Waals surface area contributed by atoms with E-state index >= 15 is 0 Å². The molecule has 0 saturated heterocycles. The topological polar surface area (TPSA) is 53.7 Å². The first-order valence-electron chi connectivity index (χ1n) is 13.3. The Balaban J connectivity index is 1.51. The number of amides is 1. The van der Waals surface area contributed by atoms with Gasteiger partial charge in [0.25, 0.3) is 5.91 Å². The fourth-order valence-corrected chi connectivity index (χ4v) is 5.29. The van der Waals surface area contributed by atoms with Gasteiger partial charge in [0.2, 0.25) is 5.96 Å². The van der Waals surface area contributed by atoms with Gasteiger partial charge in [-0.1, -0.05) is 80.6 Å². The number of nitrogens with zero attached hydrogens (tertiary/aromatic N) is 5. The maximum atomic E-state index is 14.2. The quantitative estimate of drug-likeness (QED) is 0.257. The van der Waals surface area contributed by atoms with E-state index in [1.807, 2.05) is 64.1 Å². The molecule has 0 radical (unpaired) electrons. The van der Waals surface area contributed by atoms with E-state index in [1.165, 1.54) is 6.07 Å². The predicted molar refractivity (Wildman–Crippen MR) is 153 cm³/mol. The summed E-state index contributed by atoms with van der Waals surface area (Å²) in [7, 11) is 0. The fraction of sp³-hybridized carbons (Fsp3) is 0.219. The predicted octanol–water partition coefficient (Wildman–Crippen LogP) is 6.39. The van der Waals surface area contributed by atoms with Crippen molar-refractivity contribution >= 4 is 17.7 Å². The average Bonchev–Trinajstić information content (AvgIpc) is 3.56. The summed E-state index contributed by atoms with van der Waals surface area (Å²) in [5.74, 6) is -0.0905. The van der Waals surface area contributed by atoms with Crippen LogP contribution in [-0.4, -0.2) is 45.4 Å². The van der Waals surface area contributed by atoms with Gasteiger partial charge in [0.05, 0.1) is 19.1 Å². The molecule has 2 aliphatic heterocycles. The van der Waals surface area contributed by atoms with Crippen LogP contribution < -0.4 is 4.90 Å². The Kier molecular flexibility index (Phi) is 6.54. The Bertz CT molecular complexity index is 1630. The van der Waals surface area contributed by atoms with Crippen molar-refractivity contribution < 1.29 is 13.6 Å². The van der Waals surface area contributed by atoms with E-state index in [4.69, 9.17) is 9.98 Å². The Morgan fingerprint density at radius 1 is 0.975 bits per heavy atom. The average molecular weight is 538 g/mol. The van der Waals surface area contributed by atoms with Crippen molar-refractivity contribution in [3.8, 4) is 22.5 Å². The van der Waals surface area contributed by atoms with Crippen LogP contribution in [0, 0.1) is 17.6 Å². The summed E-state index contributed by atoms with van der Waals surface area (Å²) in [6.45, 7) is 9.11. The zero-order valence-corrected chi connectivity index (χ0v) is 22.4. The number of guanidine groups is 1. The lowest BCUT2D eigenvalue weighted by molar-refractivity contribution is 0.0847. The highest BCUT2D eigenvalue weighted by Gasteiger charge is 2.44. The minimum Gasteiger partial charge on any atom is -0.305 e. The van der Waals surface area contributed by atoms with E-state index in [-0.39, 0.29) is 24.4 Å². The van der Waals surface area contributed by atoms with Gasteiger partial charge in [-0.15, -0.1) is 6.58 Å². The van der Waals surface area contributed by atoms with E-state index in [0.29, 0.717) is 41.9 Å². The molecule has 0 N–H and O–H groups in total. The summed E-state index contributed by atoms with van der Waals surface area (Å²) in [6, 6.07) is 21.9. The van der Waals surface area contributed by atoms with Gasteiger partial charge in [0.15, 0.2) is 17.3 Å². The van der Waals surface area contributed by atoms with Crippen molar-refractivity contribution in [3.05, 3.63) is 108 Å². The minimum atomic E-state index is -0.920. The van der Waals surface area contributed by atoms with Crippen LogP contribution >= 0.6 is 0 Å².